The minimum atomic E-state index is -0.628. The molecule has 1 N–H and O–H groups in total. The summed E-state index contributed by atoms with van der Waals surface area (Å²) in [6.45, 7) is 2.13. The summed E-state index contributed by atoms with van der Waals surface area (Å²) in [6, 6.07) is 7.40. The molecule has 0 unspecified atom stereocenters. The van der Waals surface area contributed by atoms with E-state index in [1.807, 2.05) is 6.07 Å². The zero-order valence-corrected chi connectivity index (χ0v) is 10.8. The number of nitrogens with one attached hydrogen (secondary N) is 1. The van der Waals surface area contributed by atoms with E-state index < -0.39 is 11.6 Å². The van der Waals surface area contributed by atoms with Gasteiger partial charge in [0.1, 0.15) is 23.1 Å². The lowest BCUT2D eigenvalue weighted by Gasteiger charge is -2.08. The molecule has 0 radical (unpaired) electrons. The number of hydrogen-bond acceptors (Lipinski definition) is 2. The standard InChI is InChI=1S/C15H16F2N2/c1-2-3-5-11-8-9-14(18-10-11)19-15-12(16)6-4-7-13(15)17/h4,6-10H,2-3,5H2,1H3,(H,18,19). The van der Waals surface area contributed by atoms with Crippen molar-refractivity contribution in [3.63, 3.8) is 0 Å². The highest BCUT2D eigenvalue weighted by molar-refractivity contribution is 5.57. The molecule has 0 aliphatic carbocycles. The Kier molecular flexibility index (Phi) is 4.44. The molecular weight excluding hydrogens is 246 g/mol. The third-order valence-electron chi connectivity index (χ3n) is 2.86. The van der Waals surface area contributed by atoms with Gasteiger partial charge in [0.25, 0.3) is 0 Å². The number of aryl methyl sites for hydroxylation is 1. The van der Waals surface area contributed by atoms with Crippen molar-refractivity contribution < 1.29 is 8.78 Å². The quantitative estimate of drug-likeness (QED) is 0.861. The molecule has 1 aromatic carbocycles. The number of hydrogen-bond donors (Lipinski definition) is 1. The normalized spacial score (nSPS) is 10.5. The Morgan fingerprint density at radius 1 is 1.11 bits per heavy atom. The van der Waals surface area contributed by atoms with Crippen LogP contribution in [0.3, 0.4) is 0 Å². The summed E-state index contributed by atoms with van der Waals surface area (Å²) in [5.41, 5.74) is 0.956. The van der Waals surface area contributed by atoms with Crippen molar-refractivity contribution in [3.8, 4) is 0 Å². The molecule has 0 saturated carbocycles. The van der Waals surface area contributed by atoms with Gasteiger partial charge < -0.3 is 5.32 Å². The third kappa shape index (κ3) is 3.50. The van der Waals surface area contributed by atoms with E-state index in [9.17, 15) is 8.78 Å². The van der Waals surface area contributed by atoms with E-state index in [0.29, 0.717) is 5.82 Å². The molecule has 0 atom stereocenters. The molecule has 2 nitrogen and oxygen atoms in total. The second-order valence-electron chi connectivity index (χ2n) is 4.38. The van der Waals surface area contributed by atoms with Crippen LogP contribution in [0.15, 0.2) is 36.5 Å². The number of para-hydroxylation sites is 1. The maximum Gasteiger partial charge on any atom is 0.149 e. The first-order valence-electron chi connectivity index (χ1n) is 6.36. The largest absolute Gasteiger partial charge is 0.335 e. The summed E-state index contributed by atoms with van der Waals surface area (Å²) in [7, 11) is 0. The highest BCUT2D eigenvalue weighted by Crippen LogP contribution is 2.22. The Hall–Kier alpha value is -1.97. The van der Waals surface area contributed by atoms with Gasteiger partial charge in [0.2, 0.25) is 0 Å². The second-order valence-corrected chi connectivity index (χ2v) is 4.38. The molecule has 2 rings (SSSR count). The molecule has 100 valence electrons. The molecule has 0 aliphatic rings. The van der Waals surface area contributed by atoms with Crippen molar-refractivity contribution in [2.45, 2.75) is 26.2 Å². The smallest absolute Gasteiger partial charge is 0.149 e. The molecule has 0 fully saturated rings. The van der Waals surface area contributed by atoms with E-state index in [1.54, 1.807) is 12.3 Å². The SMILES string of the molecule is CCCCc1ccc(Nc2c(F)cccc2F)nc1. The van der Waals surface area contributed by atoms with Crippen LogP contribution in [0, 0.1) is 11.6 Å². The average molecular weight is 262 g/mol. The van der Waals surface area contributed by atoms with E-state index in [-0.39, 0.29) is 5.69 Å². The van der Waals surface area contributed by atoms with Crippen LogP contribution in [-0.2, 0) is 6.42 Å². The number of nitrogens with zero attached hydrogens (tertiary/aromatic N) is 1. The minimum absolute atomic E-state index is 0.170. The predicted octanol–water partition coefficient (Wildman–Crippen LogP) is 4.45. The summed E-state index contributed by atoms with van der Waals surface area (Å²) < 4.78 is 26.9. The van der Waals surface area contributed by atoms with E-state index in [4.69, 9.17) is 0 Å². The fourth-order valence-electron chi connectivity index (χ4n) is 1.77. The first-order chi connectivity index (χ1) is 9.20. The number of rotatable bonds is 5. The highest BCUT2D eigenvalue weighted by Gasteiger charge is 2.08. The first-order valence-corrected chi connectivity index (χ1v) is 6.36. The van der Waals surface area contributed by atoms with E-state index >= 15 is 0 Å². The van der Waals surface area contributed by atoms with Crippen LogP contribution in [0.1, 0.15) is 25.3 Å². The molecule has 1 aromatic heterocycles. The molecule has 0 aliphatic heterocycles. The van der Waals surface area contributed by atoms with Crippen LogP contribution in [0.2, 0.25) is 0 Å². The van der Waals surface area contributed by atoms with Crippen LogP contribution in [0.4, 0.5) is 20.3 Å². The summed E-state index contributed by atoms with van der Waals surface area (Å²) >= 11 is 0. The van der Waals surface area contributed by atoms with Crippen LogP contribution >= 0.6 is 0 Å². The van der Waals surface area contributed by atoms with Gasteiger partial charge in [0, 0.05) is 6.20 Å². The van der Waals surface area contributed by atoms with Gasteiger partial charge in [-0.2, -0.15) is 0 Å². The van der Waals surface area contributed by atoms with Gasteiger partial charge in [-0.05, 0) is 36.6 Å². The number of aromatic nitrogens is 1. The van der Waals surface area contributed by atoms with Gasteiger partial charge in [-0.3, -0.25) is 0 Å². The lowest BCUT2D eigenvalue weighted by Crippen LogP contribution is -1.99. The second kappa shape index (κ2) is 6.27. The van der Waals surface area contributed by atoms with E-state index in [0.717, 1.165) is 24.8 Å². The zero-order valence-electron chi connectivity index (χ0n) is 10.8. The average Bonchev–Trinajstić information content (AvgIpc) is 2.42. The van der Waals surface area contributed by atoms with Crippen molar-refractivity contribution >= 4 is 11.5 Å². The van der Waals surface area contributed by atoms with E-state index in [1.165, 1.54) is 18.2 Å². The number of anilines is 2. The Morgan fingerprint density at radius 3 is 2.42 bits per heavy atom. The third-order valence-corrected chi connectivity index (χ3v) is 2.86. The summed E-state index contributed by atoms with van der Waals surface area (Å²) in [4.78, 5) is 4.16. The maximum absolute atomic E-state index is 13.5. The van der Waals surface area contributed by atoms with Gasteiger partial charge >= 0.3 is 0 Å². The van der Waals surface area contributed by atoms with Crippen molar-refractivity contribution in [3.05, 3.63) is 53.7 Å². The summed E-state index contributed by atoms with van der Waals surface area (Å²) in [5, 5.41) is 2.66. The van der Waals surface area contributed by atoms with Gasteiger partial charge in [-0.25, -0.2) is 13.8 Å². The molecular formula is C15H16F2N2. The molecule has 2 aromatic rings. The first kappa shape index (κ1) is 13.5. The summed E-state index contributed by atoms with van der Waals surface area (Å²) in [5.74, 6) is -0.821. The molecule has 0 bridgehead atoms. The van der Waals surface area contributed by atoms with Crippen LogP contribution in [0.25, 0.3) is 0 Å². The molecule has 0 amide bonds. The van der Waals surface area contributed by atoms with Crippen molar-refractivity contribution in [1.29, 1.82) is 0 Å². The number of pyridine rings is 1. The molecule has 19 heavy (non-hydrogen) atoms. The van der Waals surface area contributed by atoms with Crippen molar-refractivity contribution in [2.24, 2.45) is 0 Å². The Morgan fingerprint density at radius 2 is 1.84 bits per heavy atom. The van der Waals surface area contributed by atoms with Gasteiger partial charge in [-0.15, -0.1) is 0 Å². The predicted molar refractivity (Wildman–Crippen MR) is 72.5 cm³/mol. The fraction of sp³-hybridized carbons (Fsp3) is 0.267. The van der Waals surface area contributed by atoms with Crippen LogP contribution in [-0.4, -0.2) is 4.98 Å². The van der Waals surface area contributed by atoms with E-state index in [2.05, 4.69) is 17.2 Å². The Labute approximate surface area is 111 Å². The van der Waals surface area contributed by atoms with Crippen LogP contribution < -0.4 is 5.32 Å². The summed E-state index contributed by atoms with van der Waals surface area (Å²) in [6.07, 6.45) is 4.94. The maximum atomic E-state index is 13.5. The molecule has 0 saturated heterocycles. The van der Waals surface area contributed by atoms with Gasteiger partial charge in [-0.1, -0.05) is 25.5 Å². The molecule has 4 heteroatoms. The zero-order chi connectivity index (χ0) is 13.7. The van der Waals surface area contributed by atoms with Crippen LogP contribution in [0.5, 0.6) is 0 Å². The Bertz CT molecular complexity index is 518. The van der Waals surface area contributed by atoms with Gasteiger partial charge in [0.05, 0.1) is 0 Å². The minimum Gasteiger partial charge on any atom is -0.335 e. The lowest BCUT2D eigenvalue weighted by molar-refractivity contribution is 0.590. The van der Waals surface area contributed by atoms with Crippen molar-refractivity contribution in [1.82, 2.24) is 4.98 Å². The Balaban J connectivity index is 2.11. The highest BCUT2D eigenvalue weighted by atomic mass is 19.1. The monoisotopic (exact) mass is 262 g/mol. The van der Waals surface area contributed by atoms with Gasteiger partial charge in [0.15, 0.2) is 0 Å². The molecule has 1 heterocycles. The van der Waals surface area contributed by atoms with Crippen molar-refractivity contribution in [2.75, 3.05) is 5.32 Å². The fourth-order valence-corrected chi connectivity index (χ4v) is 1.77. The number of benzene rings is 1. The molecule has 0 spiro atoms. The number of unbranched alkanes of at least 4 members (excludes halogenated alkanes) is 1. The lowest BCUT2D eigenvalue weighted by atomic mass is 10.1. The number of halogens is 2. The topological polar surface area (TPSA) is 24.9 Å².